The van der Waals surface area contributed by atoms with Crippen LogP contribution in [-0.4, -0.2) is 22.5 Å². The molecule has 11 heavy (non-hydrogen) atoms. The van der Waals surface area contributed by atoms with Gasteiger partial charge in [0.25, 0.3) is 0 Å². The fourth-order valence-electron chi connectivity index (χ4n) is 0.608. The summed E-state index contributed by atoms with van der Waals surface area (Å²) in [5, 5.41) is 6.14. The van der Waals surface area contributed by atoms with Crippen LogP contribution in [0.1, 0.15) is 6.92 Å². The van der Waals surface area contributed by atoms with E-state index in [2.05, 4.69) is 20.6 Å². The molecule has 0 aliphatic heterocycles. The molecule has 1 aromatic heterocycles. The van der Waals surface area contributed by atoms with E-state index in [1.54, 1.807) is 6.20 Å². The molecular formula is C6H9N4O. The van der Waals surface area contributed by atoms with Crippen LogP contribution in [-0.2, 0) is 0 Å². The summed E-state index contributed by atoms with van der Waals surface area (Å²) in [6.07, 6.45) is 3.02. The number of amides is 2. The molecule has 1 aromatic rings. The summed E-state index contributed by atoms with van der Waals surface area (Å²) in [6, 6.07) is -0.361. The quantitative estimate of drug-likeness (QED) is 0.644. The monoisotopic (exact) mass is 153 g/mol. The lowest BCUT2D eigenvalue weighted by molar-refractivity contribution is 0.244. The van der Waals surface area contributed by atoms with Crippen molar-refractivity contribution in [2.75, 3.05) is 6.54 Å². The van der Waals surface area contributed by atoms with Crippen molar-refractivity contribution >= 4 is 11.8 Å². The normalized spacial score (nSPS) is 9.18. The largest absolute Gasteiger partial charge is 0.349 e. The second kappa shape index (κ2) is 3.60. The molecule has 5 nitrogen and oxygen atoms in total. The van der Waals surface area contributed by atoms with Crippen molar-refractivity contribution in [3.05, 3.63) is 12.5 Å². The van der Waals surface area contributed by atoms with Crippen molar-refractivity contribution in [1.29, 1.82) is 0 Å². The fourth-order valence-corrected chi connectivity index (χ4v) is 0.608. The summed E-state index contributed by atoms with van der Waals surface area (Å²) in [7, 11) is 0. The van der Waals surface area contributed by atoms with Gasteiger partial charge in [-0.25, -0.2) is 9.78 Å². The topological polar surface area (TPSA) is 71.9 Å². The molecule has 0 fully saturated rings. The first-order valence-corrected chi connectivity index (χ1v) is 3.31. The highest BCUT2D eigenvalue weighted by Gasteiger charge is 2.02. The fraction of sp³-hybridized carbons (Fsp3) is 0.333. The molecule has 0 bridgehead atoms. The van der Waals surface area contributed by atoms with E-state index in [-0.39, 0.29) is 6.03 Å². The molecule has 0 aliphatic carbocycles. The standard InChI is InChI=1S/C6H9N4O/c1-2-8-6(11)10-5-3-7-4-9-5/h3-4H,2H2,1H3,(H,7,9)(H,8,11). The van der Waals surface area contributed by atoms with Crippen LogP contribution in [0.4, 0.5) is 10.6 Å². The van der Waals surface area contributed by atoms with Crippen LogP contribution >= 0.6 is 0 Å². The maximum absolute atomic E-state index is 10.8. The van der Waals surface area contributed by atoms with Crippen LogP contribution in [0.5, 0.6) is 0 Å². The zero-order chi connectivity index (χ0) is 8.10. The van der Waals surface area contributed by atoms with Crippen molar-refractivity contribution in [3.63, 3.8) is 0 Å². The van der Waals surface area contributed by atoms with E-state index in [0.717, 1.165) is 0 Å². The van der Waals surface area contributed by atoms with Crippen LogP contribution in [0.2, 0.25) is 0 Å². The number of urea groups is 1. The number of aromatic nitrogens is 2. The molecule has 1 heterocycles. The summed E-state index contributed by atoms with van der Waals surface area (Å²) < 4.78 is 0. The van der Waals surface area contributed by atoms with Gasteiger partial charge in [0.05, 0.1) is 6.33 Å². The molecule has 59 valence electrons. The maximum Gasteiger partial charge on any atom is 0.343 e. The molecule has 0 spiro atoms. The van der Waals surface area contributed by atoms with Crippen molar-refractivity contribution in [2.24, 2.45) is 0 Å². The van der Waals surface area contributed by atoms with Gasteiger partial charge < -0.3 is 10.3 Å². The van der Waals surface area contributed by atoms with E-state index in [4.69, 9.17) is 0 Å². The van der Waals surface area contributed by atoms with Gasteiger partial charge in [0.15, 0.2) is 5.82 Å². The number of nitrogens with one attached hydrogen (secondary N) is 2. The first-order chi connectivity index (χ1) is 5.33. The maximum atomic E-state index is 10.8. The summed E-state index contributed by atoms with van der Waals surface area (Å²) in [6.45, 7) is 2.41. The van der Waals surface area contributed by atoms with Crippen molar-refractivity contribution < 1.29 is 4.79 Å². The number of rotatable bonds is 2. The third kappa shape index (κ3) is 2.29. The van der Waals surface area contributed by atoms with Crippen LogP contribution in [0.3, 0.4) is 0 Å². The minimum atomic E-state index is -0.361. The second-order valence-corrected chi connectivity index (χ2v) is 1.87. The predicted octanol–water partition coefficient (Wildman–Crippen LogP) is 0.375. The summed E-state index contributed by atoms with van der Waals surface area (Å²) in [5.74, 6) is 0.399. The number of hydrogen-bond donors (Lipinski definition) is 2. The van der Waals surface area contributed by atoms with Gasteiger partial charge in [-0.05, 0) is 6.92 Å². The van der Waals surface area contributed by atoms with Crippen molar-refractivity contribution in [1.82, 2.24) is 20.6 Å². The number of aromatic amines is 1. The van der Waals surface area contributed by atoms with Crippen LogP contribution in [0.15, 0.2) is 12.5 Å². The highest BCUT2D eigenvalue weighted by molar-refractivity contribution is 5.77. The van der Waals surface area contributed by atoms with E-state index in [0.29, 0.717) is 12.4 Å². The molecule has 1 rings (SSSR count). The Morgan fingerprint density at radius 1 is 1.91 bits per heavy atom. The van der Waals surface area contributed by atoms with Crippen molar-refractivity contribution in [3.8, 4) is 0 Å². The Labute approximate surface area is 64.2 Å². The lowest BCUT2D eigenvalue weighted by atomic mass is 10.7. The number of hydrogen-bond acceptors (Lipinski definition) is 2. The minimum Gasteiger partial charge on any atom is -0.349 e. The Kier molecular flexibility index (Phi) is 2.48. The van der Waals surface area contributed by atoms with Crippen molar-refractivity contribution in [2.45, 2.75) is 6.92 Å². The predicted molar refractivity (Wildman–Crippen MR) is 39.5 cm³/mol. The smallest absolute Gasteiger partial charge is 0.343 e. The van der Waals surface area contributed by atoms with Crippen LogP contribution < -0.4 is 10.6 Å². The number of carbonyl (C=O) groups is 1. The Bertz CT molecular complexity index is 218. The molecule has 0 aliphatic rings. The Balaban J connectivity index is 2.37. The molecule has 0 atom stereocenters. The number of H-pyrrole nitrogens is 1. The first kappa shape index (κ1) is 7.59. The molecule has 1 radical (unpaired) electrons. The highest BCUT2D eigenvalue weighted by Crippen LogP contribution is 1.96. The van der Waals surface area contributed by atoms with Gasteiger partial charge in [-0.2, -0.15) is 5.32 Å². The van der Waals surface area contributed by atoms with E-state index >= 15 is 0 Å². The summed E-state index contributed by atoms with van der Waals surface area (Å²) in [5.41, 5.74) is 0. The first-order valence-electron chi connectivity index (χ1n) is 3.31. The Hall–Kier alpha value is -1.52. The highest BCUT2D eigenvalue weighted by atomic mass is 16.2. The Morgan fingerprint density at radius 3 is 3.27 bits per heavy atom. The van der Waals surface area contributed by atoms with Gasteiger partial charge in [-0.15, -0.1) is 0 Å². The van der Waals surface area contributed by atoms with E-state index in [1.165, 1.54) is 6.33 Å². The number of nitrogens with zero attached hydrogens (tertiary/aromatic N) is 2. The van der Waals surface area contributed by atoms with Crippen LogP contribution in [0, 0.1) is 0 Å². The summed E-state index contributed by atoms with van der Waals surface area (Å²) in [4.78, 5) is 17.2. The van der Waals surface area contributed by atoms with Gasteiger partial charge in [0.2, 0.25) is 0 Å². The van der Waals surface area contributed by atoms with Gasteiger partial charge in [0.1, 0.15) is 0 Å². The minimum absolute atomic E-state index is 0.361. The van der Waals surface area contributed by atoms with Gasteiger partial charge in [-0.3, -0.25) is 0 Å². The molecule has 0 unspecified atom stereocenters. The zero-order valence-corrected chi connectivity index (χ0v) is 6.16. The SMILES string of the molecule is CCNC(=O)[N]c1c[nH]cn1. The third-order valence-corrected chi connectivity index (χ3v) is 1.03. The van der Waals surface area contributed by atoms with E-state index < -0.39 is 0 Å². The van der Waals surface area contributed by atoms with Gasteiger partial charge >= 0.3 is 6.03 Å². The molecule has 0 aromatic carbocycles. The second-order valence-electron chi connectivity index (χ2n) is 1.87. The molecule has 2 N–H and O–H groups in total. The number of imidazole rings is 1. The third-order valence-electron chi connectivity index (χ3n) is 1.03. The van der Waals surface area contributed by atoms with Gasteiger partial charge in [-0.1, -0.05) is 0 Å². The average Bonchev–Trinajstić information content (AvgIpc) is 2.40. The number of carbonyl (C=O) groups excluding carboxylic acids is 1. The molecule has 0 saturated carbocycles. The van der Waals surface area contributed by atoms with Gasteiger partial charge in [0, 0.05) is 12.7 Å². The Morgan fingerprint density at radius 2 is 2.73 bits per heavy atom. The molecule has 0 saturated heterocycles. The molecular weight excluding hydrogens is 144 g/mol. The lowest BCUT2D eigenvalue weighted by Crippen LogP contribution is -2.27. The average molecular weight is 153 g/mol. The van der Waals surface area contributed by atoms with E-state index in [9.17, 15) is 4.79 Å². The zero-order valence-electron chi connectivity index (χ0n) is 6.16. The lowest BCUT2D eigenvalue weighted by Gasteiger charge is -1.97. The van der Waals surface area contributed by atoms with Crippen LogP contribution in [0.25, 0.3) is 0 Å². The van der Waals surface area contributed by atoms with E-state index in [1.807, 2.05) is 6.92 Å². The molecule has 5 heteroatoms. The molecule has 2 amide bonds. The summed E-state index contributed by atoms with van der Waals surface area (Å²) >= 11 is 0.